The minimum absolute atomic E-state index is 0.196. The third-order valence-corrected chi connectivity index (χ3v) is 3.74. The molecule has 3 aromatic rings. The van der Waals surface area contributed by atoms with E-state index in [0.717, 1.165) is 27.7 Å². The van der Waals surface area contributed by atoms with Gasteiger partial charge >= 0.3 is 0 Å². The molecule has 1 unspecified atom stereocenters. The van der Waals surface area contributed by atoms with Crippen molar-refractivity contribution in [2.75, 3.05) is 0 Å². The fraction of sp³-hybridized carbons (Fsp3) is 0.167. The van der Waals surface area contributed by atoms with Crippen molar-refractivity contribution in [2.24, 2.45) is 5.73 Å². The second-order valence-corrected chi connectivity index (χ2v) is 5.31. The van der Waals surface area contributed by atoms with Crippen LogP contribution in [0.2, 0.25) is 0 Å². The van der Waals surface area contributed by atoms with Crippen molar-refractivity contribution in [3.8, 4) is 0 Å². The van der Waals surface area contributed by atoms with Gasteiger partial charge in [-0.05, 0) is 48.7 Å². The molecule has 2 N–H and O–H groups in total. The van der Waals surface area contributed by atoms with Gasteiger partial charge in [-0.3, -0.25) is 4.98 Å². The number of nitrogens with two attached hydrogens (primary N) is 1. The number of hydrogen-bond acceptors (Lipinski definition) is 2. The molecule has 0 aliphatic rings. The minimum atomic E-state index is -0.214. The summed E-state index contributed by atoms with van der Waals surface area (Å²) in [6, 6.07) is 16.6. The molecule has 3 rings (SSSR count). The first-order valence-corrected chi connectivity index (χ1v) is 7.00. The molecule has 21 heavy (non-hydrogen) atoms. The van der Waals surface area contributed by atoms with Crippen LogP contribution >= 0.6 is 0 Å². The van der Waals surface area contributed by atoms with Gasteiger partial charge in [0.25, 0.3) is 0 Å². The van der Waals surface area contributed by atoms with Gasteiger partial charge in [0.15, 0.2) is 0 Å². The van der Waals surface area contributed by atoms with E-state index in [0.29, 0.717) is 6.42 Å². The van der Waals surface area contributed by atoms with Gasteiger partial charge in [0, 0.05) is 5.39 Å². The van der Waals surface area contributed by atoms with Crippen molar-refractivity contribution in [3.05, 3.63) is 77.2 Å². The van der Waals surface area contributed by atoms with Gasteiger partial charge in [-0.2, -0.15) is 0 Å². The number of pyridine rings is 1. The van der Waals surface area contributed by atoms with Crippen molar-refractivity contribution in [2.45, 2.75) is 19.4 Å². The van der Waals surface area contributed by atoms with Crippen LogP contribution in [0.15, 0.2) is 54.6 Å². The lowest BCUT2D eigenvalue weighted by Gasteiger charge is -2.14. The molecule has 2 nitrogen and oxygen atoms in total. The van der Waals surface area contributed by atoms with Crippen LogP contribution in [0.3, 0.4) is 0 Å². The molecule has 0 fully saturated rings. The lowest BCUT2D eigenvalue weighted by molar-refractivity contribution is 0.623. The van der Waals surface area contributed by atoms with E-state index in [9.17, 15) is 4.39 Å². The number of halogens is 1. The molecular weight excluding hydrogens is 263 g/mol. The van der Waals surface area contributed by atoms with Gasteiger partial charge in [-0.1, -0.05) is 30.3 Å². The molecule has 0 bridgehead atoms. The molecular formula is C18H17FN2. The van der Waals surface area contributed by atoms with Crippen LogP contribution in [0.25, 0.3) is 10.9 Å². The number of hydrogen-bond donors (Lipinski definition) is 1. The molecule has 0 radical (unpaired) electrons. The highest BCUT2D eigenvalue weighted by atomic mass is 19.1. The van der Waals surface area contributed by atoms with Crippen LogP contribution in [0.1, 0.15) is 22.9 Å². The molecule has 0 aliphatic carbocycles. The number of rotatable bonds is 3. The fourth-order valence-electron chi connectivity index (χ4n) is 2.52. The Morgan fingerprint density at radius 3 is 2.71 bits per heavy atom. The van der Waals surface area contributed by atoms with Crippen molar-refractivity contribution in [1.82, 2.24) is 4.98 Å². The molecule has 2 aromatic carbocycles. The molecule has 0 saturated heterocycles. The Hall–Kier alpha value is -2.26. The molecule has 0 amide bonds. The second-order valence-electron chi connectivity index (χ2n) is 5.31. The van der Waals surface area contributed by atoms with E-state index in [-0.39, 0.29) is 11.9 Å². The maximum absolute atomic E-state index is 13.1. The zero-order valence-corrected chi connectivity index (χ0v) is 11.9. The zero-order valence-electron chi connectivity index (χ0n) is 11.9. The molecule has 3 heteroatoms. The average Bonchev–Trinajstić information content (AvgIpc) is 2.49. The summed E-state index contributed by atoms with van der Waals surface area (Å²) in [5.41, 5.74) is 10.1. The highest BCUT2D eigenvalue weighted by molar-refractivity contribution is 5.78. The Labute approximate surface area is 123 Å². The molecule has 1 aromatic heterocycles. The van der Waals surface area contributed by atoms with Gasteiger partial charge in [-0.25, -0.2) is 4.39 Å². The first kappa shape index (κ1) is 13.7. The average molecular weight is 280 g/mol. The summed E-state index contributed by atoms with van der Waals surface area (Å²) in [6.45, 7) is 1.90. The normalized spacial score (nSPS) is 12.5. The highest BCUT2D eigenvalue weighted by Gasteiger charge is 2.11. The number of aryl methyl sites for hydroxylation is 1. The van der Waals surface area contributed by atoms with E-state index < -0.39 is 0 Å². The monoisotopic (exact) mass is 280 g/mol. The summed E-state index contributed by atoms with van der Waals surface area (Å²) in [6.07, 6.45) is 0.650. The number of para-hydroxylation sites is 1. The highest BCUT2D eigenvalue weighted by Crippen LogP contribution is 2.20. The first-order chi connectivity index (χ1) is 10.1. The third-order valence-electron chi connectivity index (χ3n) is 3.74. The van der Waals surface area contributed by atoms with E-state index in [1.807, 2.05) is 43.3 Å². The summed E-state index contributed by atoms with van der Waals surface area (Å²) in [4.78, 5) is 4.62. The van der Waals surface area contributed by atoms with Crippen LogP contribution in [-0.4, -0.2) is 4.98 Å². The Bertz CT molecular complexity index is 783. The largest absolute Gasteiger partial charge is 0.322 e. The van der Waals surface area contributed by atoms with Crippen molar-refractivity contribution >= 4 is 10.9 Å². The van der Waals surface area contributed by atoms with Gasteiger partial charge in [0.1, 0.15) is 5.82 Å². The van der Waals surface area contributed by atoms with Crippen molar-refractivity contribution in [1.29, 1.82) is 0 Å². The third kappa shape index (κ3) is 2.93. The fourth-order valence-corrected chi connectivity index (χ4v) is 2.52. The predicted octanol–water partition coefficient (Wildman–Crippen LogP) is 3.92. The van der Waals surface area contributed by atoms with Crippen molar-refractivity contribution < 1.29 is 4.39 Å². The van der Waals surface area contributed by atoms with Gasteiger partial charge < -0.3 is 5.73 Å². The standard InChI is InChI=1S/C18H17FN2/c1-12-10-15(19)8-6-14(12)11-16(20)18-9-7-13-4-2-3-5-17(13)21-18/h2-10,16H,11,20H2,1H3. The number of nitrogens with zero attached hydrogens (tertiary/aromatic N) is 1. The summed E-state index contributed by atoms with van der Waals surface area (Å²) in [5.74, 6) is -0.214. The summed E-state index contributed by atoms with van der Waals surface area (Å²) >= 11 is 0. The first-order valence-electron chi connectivity index (χ1n) is 7.00. The van der Waals surface area contributed by atoms with E-state index in [1.54, 1.807) is 6.07 Å². The molecule has 1 atom stereocenters. The van der Waals surface area contributed by atoms with Crippen LogP contribution < -0.4 is 5.73 Å². The van der Waals surface area contributed by atoms with Gasteiger partial charge in [0.2, 0.25) is 0 Å². The Morgan fingerprint density at radius 1 is 1.10 bits per heavy atom. The lowest BCUT2D eigenvalue weighted by atomic mass is 9.99. The smallest absolute Gasteiger partial charge is 0.123 e. The zero-order chi connectivity index (χ0) is 14.8. The predicted molar refractivity (Wildman–Crippen MR) is 83.5 cm³/mol. The Morgan fingerprint density at radius 2 is 1.90 bits per heavy atom. The number of fused-ring (bicyclic) bond motifs is 1. The van der Waals surface area contributed by atoms with E-state index in [2.05, 4.69) is 4.98 Å². The van der Waals surface area contributed by atoms with Crippen LogP contribution in [0.5, 0.6) is 0 Å². The van der Waals surface area contributed by atoms with Crippen molar-refractivity contribution in [3.63, 3.8) is 0 Å². The molecule has 106 valence electrons. The van der Waals surface area contributed by atoms with Crippen LogP contribution in [-0.2, 0) is 6.42 Å². The van der Waals surface area contributed by atoms with Gasteiger partial charge in [0.05, 0.1) is 17.3 Å². The summed E-state index contributed by atoms with van der Waals surface area (Å²) in [5, 5.41) is 1.10. The Kier molecular flexibility index (Phi) is 3.67. The quantitative estimate of drug-likeness (QED) is 0.789. The number of aromatic nitrogens is 1. The van der Waals surface area contributed by atoms with Gasteiger partial charge in [-0.15, -0.1) is 0 Å². The Balaban J connectivity index is 1.87. The summed E-state index contributed by atoms with van der Waals surface area (Å²) in [7, 11) is 0. The van der Waals surface area contributed by atoms with E-state index in [1.165, 1.54) is 12.1 Å². The number of benzene rings is 2. The molecule has 1 heterocycles. The van der Waals surface area contributed by atoms with E-state index in [4.69, 9.17) is 5.73 Å². The summed E-state index contributed by atoms with van der Waals surface area (Å²) < 4.78 is 13.1. The lowest BCUT2D eigenvalue weighted by Crippen LogP contribution is -2.15. The van der Waals surface area contributed by atoms with Crippen LogP contribution in [0, 0.1) is 12.7 Å². The maximum Gasteiger partial charge on any atom is 0.123 e. The topological polar surface area (TPSA) is 38.9 Å². The molecule has 0 spiro atoms. The second kappa shape index (κ2) is 5.62. The molecule has 0 saturated carbocycles. The SMILES string of the molecule is Cc1cc(F)ccc1CC(N)c1ccc2ccccc2n1. The molecule has 0 aliphatic heterocycles. The minimum Gasteiger partial charge on any atom is -0.322 e. The van der Waals surface area contributed by atoms with E-state index >= 15 is 0 Å². The van der Waals surface area contributed by atoms with Crippen LogP contribution in [0.4, 0.5) is 4.39 Å². The maximum atomic E-state index is 13.1.